The average Bonchev–Trinajstić information content (AvgIpc) is 3.77. The highest BCUT2D eigenvalue weighted by Gasteiger charge is 2.48. The minimum Gasteiger partial charge on any atom is -0.389 e. The van der Waals surface area contributed by atoms with E-state index >= 15 is 0 Å². The summed E-state index contributed by atoms with van der Waals surface area (Å²) in [5.41, 5.74) is 12.7. The molecule has 4 aromatic rings. The van der Waals surface area contributed by atoms with Crippen LogP contribution in [-0.4, -0.2) is 70.6 Å². The van der Waals surface area contributed by atoms with Gasteiger partial charge in [0, 0.05) is 67.5 Å². The number of benzene rings is 2. The van der Waals surface area contributed by atoms with E-state index in [0.29, 0.717) is 28.0 Å². The van der Waals surface area contributed by atoms with E-state index < -0.39 is 0 Å². The molecule has 4 heterocycles. The number of aromatic nitrogens is 2. The zero-order valence-corrected chi connectivity index (χ0v) is 29.3. The maximum absolute atomic E-state index is 13.3. The molecule has 1 spiro atoms. The van der Waals surface area contributed by atoms with Gasteiger partial charge in [-0.05, 0) is 74.2 Å². The maximum Gasteiger partial charge on any atom is 0.263 e. The quantitative estimate of drug-likeness (QED) is 0.175. The van der Waals surface area contributed by atoms with Crippen LogP contribution in [-0.2, 0) is 16.1 Å². The van der Waals surface area contributed by atoms with Crippen LogP contribution < -0.4 is 16.4 Å². The van der Waals surface area contributed by atoms with Crippen molar-refractivity contribution in [2.75, 3.05) is 39.4 Å². The average molecular weight is 705 g/mol. The molecule has 2 aliphatic heterocycles. The number of piperidine rings is 1. The van der Waals surface area contributed by atoms with Gasteiger partial charge in [0.1, 0.15) is 9.87 Å². The molecule has 0 radical (unpaired) electrons. The Morgan fingerprint density at radius 1 is 1.12 bits per heavy atom. The van der Waals surface area contributed by atoms with E-state index in [1.807, 2.05) is 24.3 Å². The first-order valence-electron chi connectivity index (χ1n) is 16.8. The minimum absolute atomic E-state index is 0.0383. The number of carbonyl (C=O) groups excluding carboxylic acids is 2. The normalized spacial score (nSPS) is 18.5. The largest absolute Gasteiger partial charge is 0.389 e. The number of thiazole rings is 1. The number of amides is 2. The molecule has 12 heteroatoms. The van der Waals surface area contributed by atoms with Crippen molar-refractivity contribution in [3.8, 4) is 11.1 Å². The molecule has 1 saturated carbocycles. The maximum atomic E-state index is 13.3. The molecule has 0 bridgehead atoms. The second kappa shape index (κ2) is 14.2. The number of likely N-dealkylation sites (tertiary alicyclic amines) is 1. The molecule has 0 atom stereocenters. The summed E-state index contributed by atoms with van der Waals surface area (Å²) in [5.74, 6) is 0.0913. The number of hydrogen-bond donors (Lipinski definition) is 3. The summed E-state index contributed by atoms with van der Waals surface area (Å²) in [6.07, 6.45) is 9.68. The van der Waals surface area contributed by atoms with Gasteiger partial charge < -0.3 is 30.6 Å². The predicted octanol–water partition coefficient (Wildman–Crippen LogP) is 5.94. The lowest BCUT2D eigenvalue weighted by Gasteiger charge is -2.51. The third-order valence-corrected chi connectivity index (χ3v) is 12.0. The van der Waals surface area contributed by atoms with Crippen molar-refractivity contribution >= 4 is 62.9 Å². The van der Waals surface area contributed by atoms with Crippen LogP contribution in [0.4, 0.5) is 0 Å². The zero-order valence-electron chi connectivity index (χ0n) is 26.9. The number of carbonyl (C=O) groups is 2. The second-order valence-corrected chi connectivity index (χ2v) is 15.2. The van der Waals surface area contributed by atoms with Gasteiger partial charge in [-0.15, -0.1) is 11.3 Å². The van der Waals surface area contributed by atoms with E-state index in [1.54, 1.807) is 11.7 Å². The van der Waals surface area contributed by atoms with Crippen molar-refractivity contribution in [3.05, 3.63) is 75.3 Å². The van der Waals surface area contributed by atoms with Crippen molar-refractivity contribution in [3.63, 3.8) is 0 Å². The number of ether oxygens (including phenoxy) is 1. The van der Waals surface area contributed by atoms with Gasteiger partial charge in [0.2, 0.25) is 5.91 Å². The van der Waals surface area contributed by atoms with E-state index in [9.17, 15) is 9.59 Å². The van der Waals surface area contributed by atoms with Crippen molar-refractivity contribution < 1.29 is 14.3 Å². The molecule has 9 nitrogen and oxygen atoms in total. The lowest BCUT2D eigenvalue weighted by atomic mass is 9.57. The van der Waals surface area contributed by atoms with Gasteiger partial charge in [0.25, 0.3) is 5.91 Å². The predicted molar refractivity (Wildman–Crippen MR) is 194 cm³/mol. The lowest BCUT2D eigenvalue weighted by molar-refractivity contribution is -0.135. The monoisotopic (exact) mass is 704 g/mol. The Labute approximate surface area is 295 Å². The molecule has 252 valence electrons. The van der Waals surface area contributed by atoms with E-state index in [2.05, 4.69) is 43.4 Å². The first kappa shape index (κ1) is 33.2. The number of nitrogens with zero attached hydrogens (tertiary/aromatic N) is 3. The van der Waals surface area contributed by atoms with Crippen LogP contribution in [0.5, 0.6) is 0 Å². The minimum atomic E-state index is -0.0581. The van der Waals surface area contributed by atoms with E-state index in [1.165, 1.54) is 11.3 Å². The van der Waals surface area contributed by atoms with Crippen LogP contribution in [0.3, 0.4) is 0 Å². The van der Waals surface area contributed by atoms with Crippen LogP contribution in [0.25, 0.3) is 22.0 Å². The molecule has 2 aromatic carbocycles. The van der Waals surface area contributed by atoms with E-state index in [-0.39, 0.29) is 29.2 Å². The van der Waals surface area contributed by atoms with Crippen LogP contribution >= 0.6 is 35.2 Å². The second-order valence-electron chi connectivity index (χ2n) is 13.5. The standard InChI is InChI=1S/C36H41ClN6O3S2/c37-31-25(4-5-28-29(23-2-1-3-24(16-23)33(38)47)21-43(32(28)31)27-6-14-46-15-7-27)19-41-34(44)26-17-36(18-26)8-11-42(12-9-36)13-10-40-35(45)30-20-39-22-48-30/h1-5,16,20-22,26-27H,6-15,17-19H2,(H2,38,47)(H,40,45)(H,41,44). The molecule has 7 rings (SSSR count). The van der Waals surface area contributed by atoms with Gasteiger partial charge in [-0.2, -0.15) is 0 Å². The highest BCUT2D eigenvalue weighted by molar-refractivity contribution is 7.80. The summed E-state index contributed by atoms with van der Waals surface area (Å²) in [7, 11) is 0. The molecular formula is C36H41ClN6O3S2. The molecule has 3 fully saturated rings. The van der Waals surface area contributed by atoms with E-state index in [0.717, 1.165) is 105 Å². The third-order valence-electron chi connectivity index (χ3n) is 10.5. The Balaban J connectivity index is 0.970. The molecule has 0 unspecified atom stereocenters. The topological polar surface area (TPSA) is 115 Å². The van der Waals surface area contributed by atoms with Crippen molar-refractivity contribution in [1.29, 1.82) is 0 Å². The number of nitrogens with two attached hydrogens (primary N) is 1. The summed E-state index contributed by atoms with van der Waals surface area (Å²) in [4.78, 5) is 32.9. The Kier molecular flexibility index (Phi) is 9.84. The van der Waals surface area contributed by atoms with Crippen molar-refractivity contribution in [1.82, 2.24) is 25.1 Å². The number of halogens is 1. The summed E-state index contributed by atoms with van der Waals surface area (Å²) in [6.45, 7) is 5.29. The smallest absolute Gasteiger partial charge is 0.263 e. The molecule has 4 N–H and O–H groups in total. The Morgan fingerprint density at radius 2 is 1.92 bits per heavy atom. The SMILES string of the molecule is NC(=S)c1cccc(-c2cn(C3CCOCC3)c3c(Cl)c(CNC(=O)C4CC5(CCN(CCNC(=O)c6cncs6)CC5)C4)ccc23)c1. The number of thiocarbonyl (C=S) groups is 1. The van der Waals surface area contributed by atoms with Gasteiger partial charge in [-0.25, -0.2) is 0 Å². The molecule has 3 aliphatic rings. The first-order valence-corrected chi connectivity index (χ1v) is 18.4. The molecule has 2 amide bonds. The summed E-state index contributed by atoms with van der Waals surface area (Å²) in [6, 6.07) is 12.5. The van der Waals surface area contributed by atoms with Gasteiger partial charge >= 0.3 is 0 Å². The molecule has 48 heavy (non-hydrogen) atoms. The lowest BCUT2D eigenvalue weighted by Crippen LogP contribution is -2.51. The van der Waals surface area contributed by atoms with Gasteiger partial charge in [0.05, 0.1) is 22.2 Å². The van der Waals surface area contributed by atoms with Gasteiger partial charge in [-0.1, -0.05) is 54.2 Å². The van der Waals surface area contributed by atoms with Gasteiger partial charge in [-0.3, -0.25) is 14.6 Å². The Morgan fingerprint density at radius 3 is 2.65 bits per heavy atom. The summed E-state index contributed by atoms with van der Waals surface area (Å²) in [5, 5.41) is 7.94. The van der Waals surface area contributed by atoms with E-state index in [4.69, 9.17) is 34.3 Å². The van der Waals surface area contributed by atoms with Crippen molar-refractivity contribution in [2.24, 2.45) is 17.1 Å². The fraction of sp³-hybridized carbons (Fsp3) is 0.444. The van der Waals surface area contributed by atoms with Crippen LogP contribution in [0.2, 0.25) is 5.02 Å². The summed E-state index contributed by atoms with van der Waals surface area (Å²) >= 11 is 13.8. The fourth-order valence-electron chi connectivity index (χ4n) is 7.71. The molecule has 2 saturated heterocycles. The third kappa shape index (κ3) is 6.89. The number of rotatable bonds is 10. The Hall–Kier alpha value is -3.35. The molecule has 1 aliphatic carbocycles. The molecule has 2 aromatic heterocycles. The highest BCUT2D eigenvalue weighted by Crippen LogP contribution is 2.52. The zero-order chi connectivity index (χ0) is 33.3. The Bertz CT molecular complexity index is 1800. The number of fused-ring (bicyclic) bond motifs is 1. The summed E-state index contributed by atoms with van der Waals surface area (Å²) < 4.78 is 7.98. The number of nitrogens with one attached hydrogen (secondary N) is 2. The van der Waals surface area contributed by atoms with Gasteiger partial charge in [0.15, 0.2) is 0 Å². The van der Waals surface area contributed by atoms with Crippen LogP contribution in [0.1, 0.15) is 65.4 Å². The van der Waals surface area contributed by atoms with Crippen LogP contribution in [0.15, 0.2) is 54.3 Å². The van der Waals surface area contributed by atoms with Crippen LogP contribution in [0, 0.1) is 11.3 Å². The highest BCUT2D eigenvalue weighted by atomic mass is 35.5. The molecular weight excluding hydrogens is 664 g/mol. The van der Waals surface area contributed by atoms with Crippen molar-refractivity contribution in [2.45, 2.75) is 51.1 Å². The number of hydrogen-bond acceptors (Lipinski definition) is 7. The fourth-order valence-corrected chi connectivity index (χ4v) is 8.70. The first-order chi connectivity index (χ1) is 23.3.